The van der Waals surface area contributed by atoms with Gasteiger partial charge in [0.2, 0.25) is 0 Å². The molecule has 0 saturated heterocycles. The van der Waals surface area contributed by atoms with Crippen LogP contribution in [0.5, 0.6) is 0 Å². The molecule has 0 aliphatic rings. The van der Waals surface area contributed by atoms with Crippen LogP contribution >= 0.6 is 7.14 Å². The minimum atomic E-state index is -5.03. The molecule has 0 amide bonds. The SMILES string of the molecule is CCn1cc(C(=O)/C=C(\[O-])C(F)(F)F)c2ccccc21.CCn1cc(C(=O)/C=C(\[O-])C(F)(F)F)c2ccccc21.CCn1cc(C(=O)/C=C(\[O-])C(F)(F)F)c2ccccc21.O=P(c1ccccc1)(c1ccccc1)c1ccccc1.[Dy+3]. The third kappa shape index (κ3) is 15.7. The summed E-state index contributed by atoms with van der Waals surface area (Å²) >= 11 is 0. The molecule has 0 aliphatic heterocycles. The summed E-state index contributed by atoms with van der Waals surface area (Å²) in [6, 6.07) is 49.7. The first-order chi connectivity index (χ1) is 37.8. The Morgan fingerprint density at radius 1 is 0.395 bits per heavy atom. The van der Waals surface area contributed by atoms with Gasteiger partial charge < -0.3 is 33.6 Å². The van der Waals surface area contributed by atoms with Crippen LogP contribution in [0.25, 0.3) is 32.7 Å². The van der Waals surface area contributed by atoms with E-state index < -0.39 is 60.3 Å². The number of hydrogen-bond acceptors (Lipinski definition) is 7. The normalized spacial score (nSPS) is 12.3. The molecule has 423 valence electrons. The number of fused-ring (bicyclic) bond motifs is 3. The van der Waals surface area contributed by atoms with E-state index in [2.05, 4.69) is 0 Å². The van der Waals surface area contributed by atoms with E-state index in [0.29, 0.717) is 35.8 Å². The Morgan fingerprint density at radius 3 is 0.815 bits per heavy atom. The summed E-state index contributed by atoms with van der Waals surface area (Å²) in [4.78, 5) is 35.6. The predicted molar refractivity (Wildman–Crippen MR) is 284 cm³/mol. The zero-order chi connectivity index (χ0) is 58.6. The minimum absolute atomic E-state index is 0. The topological polar surface area (TPSA) is 152 Å². The summed E-state index contributed by atoms with van der Waals surface area (Å²) in [7, 11) is -2.78. The van der Waals surface area contributed by atoms with Crippen molar-refractivity contribution in [3.05, 3.63) is 235 Å². The number of halogens is 9. The van der Waals surface area contributed by atoms with Crippen molar-refractivity contribution in [1.29, 1.82) is 0 Å². The maximum absolute atomic E-state index is 13.8. The van der Waals surface area contributed by atoms with Gasteiger partial charge in [-0.15, -0.1) is 0 Å². The minimum Gasteiger partial charge on any atom is -0.869 e. The van der Waals surface area contributed by atoms with Crippen LogP contribution in [0, 0.1) is 38.2 Å². The summed E-state index contributed by atoms with van der Waals surface area (Å²) in [5, 5.41) is 36.8. The summed E-state index contributed by atoms with van der Waals surface area (Å²) in [6.07, 6.45) is -10.4. The second-order valence-electron chi connectivity index (χ2n) is 17.3. The molecule has 0 saturated carbocycles. The Morgan fingerprint density at radius 2 is 0.605 bits per heavy atom. The fraction of sp³-hybridized carbons (Fsp3) is 0.150. The summed E-state index contributed by atoms with van der Waals surface area (Å²) < 4.78 is 129. The third-order valence-corrected chi connectivity index (χ3v) is 15.2. The first-order valence-corrected chi connectivity index (χ1v) is 26.1. The van der Waals surface area contributed by atoms with Crippen molar-refractivity contribution >= 4 is 73.1 Å². The maximum atomic E-state index is 13.8. The van der Waals surface area contributed by atoms with Gasteiger partial charge in [0.1, 0.15) is 0 Å². The number of allylic oxidation sites excluding steroid dienone is 6. The molecule has 81 heavy (non-hydrogen) atoms. The number of alkyl halides is 9. The summed E-state index contributed by atoms with van der Waals surface area (Å²) in [5.74, 6) is -9.23. The Hall–Kier alpha value is -7.56. The van der Waals surface area contributed by atoms with Crippen LogP contribution in [0.1, 0.15) is 51.8 Å². The van der Waals surface area contributed by atoms with Gasteiger partial charge in [0.05, 0.1) is 0 Å². The molecule has 0 unspecified atom stereocenters. The van der Waals surface area contributed by atoms with E-state index in [1.54, 1.807) is 86.5 Å². The van der Waals surface area contributed by atoms with Crippen molar-refractivity contribution in [2.45, 2.75) is 58.9 Å². The Balaban J connectivity index is 0.000000197. The van der Waals surface area contributed by atoms with Crippen molar-refractivity contribution in [2.24, 2.45) is 0 Å². The molecule has 0 bridgehead atoms. The van der Waals surface area contributed by atoms with Gasteiger partial charge in [0, 0.05) is 104 Å². The molecule has 0 spiro atoms. The van der Waals surface area contributed by atoms with Crippen LogP contribution in [-0.2, 0) is 24.2 Å². The molecular formula is C60H48DyF9N3O7P. The first kappa shape index (κ1) is 64.3. The van der Waals surface area contributed by atoms with Crippen LogP contribution in [0.4, 0.5) is 39.5 Å². The fourth-order valence-corrected chi connectivity index (χ4v) is 11.0. The molecule has 0 aliphatic carbocycles. The standard InChI is InChI=1S/C18H15OP.3C14H12F3NO2.Dy/c19-20(16-10-4-1-5-11-16,17-12-6-2-7-13-17)18-14-8-3-9-15-18;3*1-2-18-8-10(9-5-3-4-6-11(9)18)12(19)7-13(20)14(15,16)17;/h1-15H;3*3-8,20H,2H2,1H3;/q;;;;+3/p-3/b;3*13-7-;. The average Bonchev–Trinajstić information content (AvgIpc) is 4.19. The van der Waals surface area contributed by atoms with Crippen molar-refractivity contribution in [1.82, 2.24) is 13.7 Å². The van der Waals surface area contributed by atoms with Crippen LogP contribution in [0.15, 0.2) is 218 Å². The van der Waals surface area contributed by atoms with Gasteiger partial charge in [-0.05, 0) is 74.5 Å². The molecule has 21 heteroatoms. The van der Waals surface area contributed by atoms with Crippen LogP contribution in [0.2, 0.25) is 0 Å². The Kier molecular flexibility index (Phi) is 22.0. The van der Waals surface area contributed by atoms with Gasteiger partial charge in [-0.2, -0.15) is 39.5 Å². The number of carbonyl (C=O) groups excluding carboxylic acids is 3. The van der Waals surface area contributed by atoms with E-state index >= 15 is 0 Å². The predicted octanol–water partition coefficient (Wildman–Crippen LogP) is 11.3. The molecule has 3 aromatic heterocycles. The number of aryl methyl sites for hydroxylation is 3. The first-order valence-electron chi connectivity index (χ1n) is 24.4. The second kappa shape index (κ2) is 27.7. The molecule has 9 rings (SSSR count). The van der Waals surface area contributed by atoms with Crippen LogP contribution in [0.3, 0.4) is 0 Å². The Labute approximate surface area is 489 Å². The van der Waals surface area contributed by atoms with Crippen LogP contribution in [-0.4, -0.2) is 49.6 Å². The maximum Gasteiger partial charge on any atom is 3.00 e. The molecule has 1 radical (unpaired) electrons. The number of aromatic nitrogens is 3. The van der Waals surface area contributed by atoms with Gasteiger partial charge >= 0.3 is 56.7 Å². The molecule has 9 aromatic rings. The summed E-state index contributed by atoms with van der Waals surface area (Å²) in [5.41, 5.74) is 2.52. The number of benzene rings is 6. The smallest absolute Gasteiger partial charge is 0.869 e. The zero-order valence-corrected chi connectivity index (χ0v) is 46.0. The van der Waals surface area contributed by atoms with Crippen molar-refractivity contribution in [2.75, 3.05) is 0 Å². The molecule has 0 fully saturated rings. The molecular weight excluding hydrogens is 1240 g/mol. The largest absolute Gasteiger partial charge is 3.00 e. The number of rotatable bonds is 12. The molecule has 0 N–H and O–H groups in total. The van der Waals surface area contributed by atoms with Gasteiger partial charge in [0.15, 0.2) is 24.5 Å². The molecule has 6 aromatic carbocycles. The van der Waals surface area contributed by atoms with Gasteiger partial charge in [0.25, 0.3) is 0 Å². The average molecular weight is 1290 g/mol. The zero-order valence-electron chi connectivity index (χ0n) is 43.0. The van der Waals surface area contributed by atoms with Gasteiger partial charge in [-0.25, -0.2) is 0 Å². The van der Waals surface area contributed by atoms with Crippen molar-refractivity contribution < 1.29 is 112 Å². The number of para-hydroxylation sites is 3. The van der Waals surface area contributed by atoms with E-state index in [0.717, 1.165) is 32.5 Å². The fourth-order valence-electron chi connectivity index (χ4n) is 8.31. The van der Waals surface area contributed by atoms with E-state index in [1.807, 2.05) is 112 Å². The van der Waals surface area contributed by atoms with Crippen LogP contribution < -0.4 is 31.2 Å². The second-order valence-corrected chi connectivity index (χ2v) is 20.0. The summed E-state index contributed by atoms with van der Waals surface area (Å²) in [6.45, 7) is 7.27. The number of hydrogen-bond donors (Lipinski definition) is 0. The monoisotopic (exact) mass is 1290 g/mol. The van der Waals surface area contributed by atoms with Gasteiger partial charge in [-0.3, -0.25) is 14.4 Å². The molecule has 3 heterocycles. The van der Waals surface area contributed by atoms with Crippen molar-refractivity contribution in [3.8, 4) is 0 Å². The van der Waals surface area contributed by atoms with Gasteiger partial charge in [-0.1, -0.05) is 146 Å². The number of nitrogens with zero attached hydrogens (tertiary/aromatic N) is 3. The number of ketones is 3. The molecule has 10 nitrogen and oxygen atoms in total. The van der Waals surface area contributed by atoms with Crippen molar-refractivity contribution in [3.63, 3.8) is 0 Å². The third-order valence-electron chi connectivity index (χ3n) is 12.2. The number of carbonyl (C=O) groups is 3. The van der Waals surface area contributed by atoms with E-state index in [-0.39, 0.29) is 73.1 Å². The molecule has 0 atom stereocenters. The Bertz CT molecular complexity index is 3380. The van der Waals surface area contributed by atoms with E-state index in [9.17, 15) is 73.8 Å². The quantitative estimate of drug-likeness (QED) is 0.0388. The van der Waals surface area contributed by atoms with E-state index in [1.165, 1.54) is 18.6 Å². The van der Waals surface area contributed by atoms with E-state index in [4.69, 9.17) is 0 Å².